The van der Waals surface area contributed by atoms with Crippen LogP contribution in [0.15, 0.2) is 60.7 Å². The maximum Gasteiger partial charge on any atom is 0.224 e. The third kappa shape index (κ3) is 6.71. The van der Waals surface area contributed by atoms with Crippen LogP contribution < -0.4 is 0 Å². The zero-order chi connectivity index (χ0) is 20.5. The summed E-state index contributed by atoms with van der Waals surface area (Å²) in [6, 6.07) is 20.6. The molecule has 1 heterocycles. The lowest BCUT2D eigenvalue weighted by atomic mass is 10.1. The highest BCUT2D eigenvalue weighted by Gasteiger charge is 2.22. The first-order chi connectivity index (χ1) is 14.1. The molecule has 0 atom stereocenters. The maximum atomic E-state index is 12.6. The largest absolute Gasteiger partial charge is 0.342 e. The quantitative estimate of drug-likeness (QED) is 0.693. The van der Waals surface area contributed by atoms with Crippen LogP contribution in [0.5, 0.6) is 0 Å². The molecular formula is C24H31N3O2. The van der Waals surface area contributed by atoms with Crippen molar-refractivity contribution < 1.29 is 9.59 Å². The average molecular weight is 394 g/mol. The summed E-state index contributed by atoms with van der Waals surface area (Å²) in [4.78, 5) is 30.7. The average Bonchev–Trinajstić information content (AvgIpc) is 2.75. The molecule has 5 nitrogen and oxygen atoms in total. The molecule has 3 rings (SSSR count). The molecule has 2 amide bonds. The van der Waals surface area contributed by atoms with Gasteiger partial charge in [-0.15, -0.1) is 0 Å². The van der Waals surface area contributed by atoms with Gasteiger partial charge in [0.1, 0.15) is 0 Å². The molecule has 154 valence electrons. The molecule has 2 aromatic carbocycles. The Morgan fingerprint density at radius 3 is 2.00 bits per heavy atom. The van der Waals surface area contributed by atoms with Crippen molar-refractivity contribution in [1.82, 2.24) is 14.7 Å². The Morgan fingerprint density at radius 2 is 1.41 bits per heavy atom. The van der Waals surface area contributed by atoms with E-state index in [1.165, 1.54) is 11.1 Å². The molecule has 0 bridgehead atoms. The third-order valence-corrected chi connectivity index (χ3v) is 5.53. The normalized spacial score (nSPS) is 14.6. The van der Waals surface area contributed by atoms with Gasteiger partial charge >= 0.3 is 0 Å². The molecule has 5 heteroatoms. The highest BCUT2D eigenvalue weighted by molar-refractivity contribution is 5.78. The first-order valence-corrected chi connectivity index (χ1v) is 10.5. The van der Waals surface area contributed by atoms with Crippen molar-refractivity contribution in [3.8, 4) is 0 Å². The fourth-order valence-electron chi connectivity index (χ4n) is 3.72. The summed E-state index contributed by atoms with van der Waals surface area (Å²) >= 11 is 0. The van der Waals surface area contributed by atoms with Crippen LogP contribution >= 0.6 is 0 Å². The van der Waals surface area contributed by atoms with Gasteiger partial charge in [0, 0.05) is 59.2 Å². The summed E-state index contributed by atoms with van der Waals surface area (Å²) in [5.41, 5.74) is 2.52. The molecule has 0 unspecified atom stereocenters. The molecular weight excluding hydrogens is 362 g/mol. The zero-order valence-electron chi connectivity index (χ0n) is 17.3. The fraction of sp³-hybridized carbons (Fsp3) is 0.417. The summed E-state index contributed by atoms with van der Waals surface area (Å²) in [6.07, 6.45) is 1.21. The van der Waals surface area contributed by atoms with Crippen molar-refractivity contribution in [1.29, 1.82) is 0 Å². The Morgan fingerprint density at radius 1 is 0.828 bits per heavy atom. The minimum absolute atomic E-state index is 0.0291. The lowest BCUT2D eigenvalue weighted by Crippen LogP contribution is -2.49. The number of carbonyl (C=O) groups excluding carboxylic acids is 2. The summed E-state index contributed by atoms with van der Waals surface area (Å²) in [6.45, 7) is 6.96. The van der Waals surface area contributed by atoms with Crippen molar-refractivity contribution in [2.75, 3.05) is 39.3 Å². The van der Waals surface area contributed by atoms with Crippen LogP contribution in [0.1, 0.15) is 24.5 Å². The molecule has 0 radical (unpaired) electrons. The molecule has 1 saturated heterocycles. The van der Waals surface area contributed by atoms with E-state index in [4.69, 9.17) is 0 Å². The molecule has 0 aliphatic carbocycles. The van der Waals surface area contributed by atoms with Crippen LogP contribution in [-0.2, 0) is 22.6 Å². The van der Waals surface area contributed by atoms with Crippen molar-refractivity contribution in [3.05, 3.63) is 71.8 Å². The van der Waals surface area contributed by atoms with E-state index in [1.54, 1.807) is 11.8 Å². The van der Waals surface area contributed by atoms with E-state index in [0.717, 1.165) is 39.1 Å². The number of piperazine rings is 1. The maximum absolute atomic E-state index is 12.6. The monoisotopic (exact) mass is 393 g/mol. The Kier molecular flexibility index (Phi) is 7.82. The predicted octanol–water partition coefficient (Wildman–Crippen LogP) is 2.81. The van der Waals surface area contributed by atoms with Gasteiger partial charge in [-0.3, -0.25) is 14.5 Å². The van der Waals surface area contributed by atoms with Gasteiger partial charge in [-0.25, -0.2) is 0 Å². The van der Waals surface area contributed by atoms with Gasteiger partial charge in [0.2, 0.25) is 11.8 Å². The second kappa shape index (κ2) is 10.8. The third-order valence-electron chi connectivity index (χ3n) is 5.53. The SMILES string of the molecule is CC(=O)N(CCC(=O)N1CCN(Cc2ccccc2)CC1)CCc1ccccc1. The number of hydrogen-bond donors (Lipinski definition) is 0. The van der Waals surface area contributed by atoms with Crippen LogP contribution in [-0.4, -0.2) is 65.8 Å². The predicted molar refractivity (Wildman–Crippen MR) is 115 cm³/mol. The molecule has 0 saturated carbocycles. The highest BCUT2D eigenvalue weighted by Crippen LogP contribution is 2.10. The highest BCUT2D eigenvalue weighted by atomic mass is 16.2. The Hall–Kier alpha value is -2.66. The number of rotatable bonds is 8. The van der Waals surface area contributed by atoms with E-state index in [9.17, 15) is 9.59 Å². The first-order valence-electron chi connectivity index (χ1n) is 10.5. The number of hydrogen-bond acceptors (Lipinski definition) is 3. The molecule has 1 fully saturated rings. The van der Waals surface area contributed by atoms with Crippen LogP contribution in [0, 0.1) is 0 Å². The van der Waals surface area contributed by atoms with E-state index < -0.39 is 0 Å². The van der Waals surface area contributed by atoms with Gasteiger partial charge in [-0.05, 0) is 17.5 Å². The molecule has 0 spiro atoms. The molecule has 29 heavy (non-hydrogen) atoms. The van der Waals surface area contributed by atoms with Crippen LogP contribution in [0.25, 0.3) is 0 Å². The molecule has 1 aliphatic rings. The van der Waals surface area contributed by atoms with Crippen molar-refractivity contribution >= 4 is 11.8 Å². The van der Waals surface area contributed by atoms with E-state index >= 15 is 0 Å². The van der Waals surface area contributed by atoms with Crippen LogP contribution in [0.4, 0.5) is 0 Å². The topological polar surface area (TPSA) is 43.9 Å². The molecule has 0 N–H and O–H groups in total. The lowest BCUT2D eigenvalue weighted by Gasteiger charge is -2.35. The second-order valence-corrected chi connectivity index (χ2v) is 7.63. The minimum atomic E-state index is 0.0291. The standard InChI is InChI=1S/C24H31N3O2/c1-21(28)26(14-12-22-8-4-2-5-9-22)15-13-24(29)27-18-16-25(17-19-27)20-23-10-6-3-7-11-23/h2-11H,12-20H2,1H3. The van der Waals surface area contributed by atoms with Crippen molar-refractivity contribution in [2.24, 2.45) is 0 Å². The van der Waals surface area contributed by atoms with Gasteiger partial charge < -0.3 is 9.80 Å². The van der Waals surface area contributed by atoms with Crippen molar-refractivity contribution in [2.45, 2.75) is 26.3 Å². The van der Waals surface area contributed by atoms with Crippen LogP contribution in [0.3, 0.4) is 0 Å². The van der Waals surface area contributed by atoms with E-state index in [0.29, 0.717) is 19.5 Å². The first kappa shape index (κ1) is 21.1. The van der Waals surface area contributed by atoms with Crippen LogP contribution in [0.2, 0.25) is 0 Å². The van der Waals surface area contributed by atoms with E-state index in [1.807, 2.05) is 29.2 Å². The summed E-state index contributed by atoms with van der Waals surface area (Å²) < 4.78 is 0. The lowest BCUT2D eigenvalue weighted by molar-refractivity contribution is -0.134. The second-order valence-electron chi connectivity index (χ2n) is 7.63. The van der Waals surface area contributed by atoms with Gasteiger partial charge in [0.25, 0.3) is 0 Å². The van der Waals surface area contributed by atoms with Crippen molar-refractivity contribution in [3.63, 3.8) is 0 Å². The minimum Gasteiger partial charge on any atom is -0.342 e. The number of carbonyl (C=O) groups is 2. The zero-order valence-corrected chi connectivity index (χ0v) is 17.3. The van der Waals surface area contributed by atoms with E-state index in [2.05, 4.69) is 41.3 Å². The van der Waals surface area contributed by atoms with Gasteiger partial charge in [0.05, 0.1) is 0 Å². The Labute approximate surface area is 173 Å². The number of nitrogens with zero attached hydrogens (tertiary/aromatic N) is 3. The van der Waals surface area contributed by atoms with Gasteiger partial charge in [0.15, 0.2) is 0 Å². The summed E-state index contributed by atoms with van der Waals surface area (Å²) in [5.74, 6) is 0.178. The molecule has 1 aliphatic heterocycles. The number of benzene rings is 2. The fourth-order valence-corrected chi connectivity index (χ4v) is 3.72. The Bertz CT molecular complexity index is 771. The molecule has 2 aromatic rings. The van der Waals surface area contributed by atoms with E-state index in [-0.39, 0.29) is 11.8 Å². The molecule has 0 aromatic heterocycles. The smallest absolute Gasteiger partial charge is 0.224 e. The summed E-state index contributed by atoms with van der Waals surface area (Å²) in [7, 11) is 0. The summed E-state index contributed by atoms with van der Waals surface area (Å²) in [5, 5.41) is 0. The van der Waals surface area contributed by atoms with Gasteiger partial charge in [-0.1, -0.05) is 60.7 Å². The number of amides is 2. The Balaban J connectivity index is 1.40. The van der Waals surface area contributed by atoms with Gasteiger partial charge in [-0.2, -0.15) is 0 Å².